The van der Waals surface area contributed by atoms with E-state index in [0.717, 1.165) is 0 Å². The van der Waals surface area contributed by atoms with Crippen LogP contribution in [0.25, 0.3) is 0 Å². The average molecular weight is 425 g/mol. The number of benzene rings is 1. The van der Waals surface area contributed by atoms with Crippen LogP contribution >= 0.6 is 34.2 Å². The molecule has 106 valence electrons. The van der Waals surface area contributed by atoms with Crippen LogP contribution in [0.2, 0.25) is 5.02 Å². The van der Waals surface area contributed by atoms with Gasteiger partial charge >= 0.3 is 5.25 Å². The maximum Gasteiger partial charge on any atom is 0.351 e. The molecule has 0 aliphatic carbocycles. The normalized spacial score (nSPS) is 12.3. The number of hydrogen-bond donors (Lipinski definition) is 1. The first-order valence-electron chi connectivity index (χ1n) is 4.61. The van der Waals surface area contributed by atoms with Crippen LogP contribution in [0.5, 0.6) is 0 Å². The van der Waals surface area contributed by atoms with Crippen molar-refractivity contribution in [2.24, 2.45) is 0 Å². The Morgan fingerprint density at radius 3 is 2.58 bits per heavy atom. The number of carbonyl (C=O) groups is 1. The predicted molar refractivity (Wildman–Crippen MR) is 71.1 cm³/mol. The van der Waals surface area contributed by atoms with Gasteiger partial charge in [0.2, 0.25) is 0 Å². The summed E-state index contributed by atoms with van der Waals surface area (Å²) < 4.78 is 57.0. The zero-order chi connectivity index (χ0) is 14.8. The highest BCUT2D eigenvalue weighted by molar-refractivity contribution is 14.1. The van der Waals surface area contributed by atoms with Crippen LogP contribution < -0.4 is 5.32 Å². The van der Waals surface area contributed by atoms with Crippen LogP contribution in [0.15, 0.2) is 18.2 Å². The highest BCUT2D eigenvalue weighted by Crippen LogP contribution is 2.21. The molecule has 0 radical (unpaired) electrons. The van der Waals surface area contributed by atoms with E-state index in [4.69, 9.17) is 11.6 Å². The number of hydrogen-bond acceptors (Lipinski definition) is 4. The van der Waals surface area contributed by atoms with Gasteiger partial charge in [0.15, 0.2) is 10.1 Å². The highest BCUT2D eigenvalue weighted by Gasteiger charge is 2.37. The van der Waals surface area contributed by atoms with Crippen LogP contribution in [0.1, 0.15) is 10.4 Å². The van der Waals surface area contributed by atoms with E-state index in [2.05, 4.69) is 0 Å². The quantitative estimate of drug-likeness (QED) is 0.590. The van der Waals surface area contributed by atoms with Crippen molar-refractivity contribution in [2.45, 2.75) is 5.25 Å². The molecule has 19 heavy (non-hydrogen) atoms. The van der Waals surface area contributed by atoms with Gasteiger partial charge in [0.05, 0.1) is 17.1 Å². The average Bonchev–Trinajstić information content (AvgIpc) is 2.28. The lowest BCUT2D eigenvalue weighted by molar-refractivity contribution is 0.0692. The van der Waals surface area contributed by atoms with Crippen molar-refractivity contribution in [1.82, 2.24) is 5.32 Å². The van der Waals surface area contributed by atoms with Gasteiger partial charge in [0, 0.05) is 3.57 Å². The zero-order valence-electron chi connectivity index (χ0n) is 8.99. The molecule has 0 fully saturated rings. The second-order valence-corrected chi connectivity index (χ2v) is 6.56. The molecule has 1 N–H and O–H groups in total. The second-order valence-electron chi connectivity index (χ2n) is 3.40. The summed E-state index contributed by atoms with van der Waals surface area (Å²) in [6, 6.07) is 4.32. The third kappa shape index (κ3) is 4.23. The molecule has 5 nitrogen and oxygen atoms in total. The molecule has 1 amide bonds. The summed E-state index contributed by atoms with van der Waals surface area (Å²) in [4.78, 5) is 11.6. The Hall–Kier alpha value is -0.520. The molecule has 0 aromatic heterocycles. The second kappa shape index (κ2) is 5.85. The van der Waals surface area contributed by atoms with Crippen molar-refractivity contribution >= 4 is 50.2 Å². The van der Waals surface area contributed by atoms with E-state index < -0.39 is 27.8 Å². The van der Waals surface area contributed by atoms with Crippen LogP contribution in [-0.2, 0) is 10.1 Å². The van der Waals surface area contributed by atoms with Gasteiger partial charge in [-0.05, 0) is 40.8 Å². The topological polar surface area (TPSA) is 86.3 Å². The fourth-order valence-corrected chi connectivity index (χ4v) is 1.98. The summed E-state index contributed by atoms with van der Waals surface area (Å²) in [5, 5.41) is -2.89. The van der Waals surface area contributed by atoms with Crippen molar-refractivity contribution in [2.75, 3.05) is 6.54 Å². The van der Waals surface area contributed by atoms with E-state index in [1.54, 1.807) is 11.4 Å². The molecule has 0 aliphatic heterocycles. The van der Waals surface area contributed by atoms with Gasteiger partial charge in [-0.1, -0.05) is 11.6 Å². The van der Waals surface area contributed by atoms with Gasteiger partial charge in [0.1, 0.15) is 0 Å². The van der Waals surface area contributed by atoms with Crippen LogP contribution in [0, 0.1) is 3.57 Å². The van der Waals surface area contributed by atoms with Gasteiger partial charge in [-0.15, -0.1) is 0 Å². The molecule has 1 aromatic carbocycles. The van der Waals surface area contributed by atoms with Crippen molar-refractivity contribution < 1.29 is 26.5 Å². The van der Waals surface area contributed by atoms with Crippen molar-refractivity contribution in [3.05, 3.63) is 32.4 Å². The predicted octanol–water partition coefficient (Wildman–Crippen LogP) is 1.81. The minimum atomic E-state index is -5.83. The fraction of sp³-hybridized carbons (Fsp3) is 0.222. The minimum absolute atomic E-state index is 0.0196. The van der Waals surface area contributed by atoms with Crippen molar-refractivity contribution in [3.8, 4) is 0 Å². The highest BCUT2D eigenvalue weighted by atomic mass is 127. The molecule has 0 saturated carbocycles. The summed E-state index contributed by atoms with van der Waals surface area (Å²) in [7, 11) is -5.83. The maximum atomic E-state index is 12.8. The van der Waals surface area contributed by atoms with E-state index in [0.29, 0.717) is 3.57 Å². The van der Waals surface area contributed by atoms with Gasteiger partial charge in [-0.25, -0.2) is 8.42 Å². The number of halogens is 4. The van der Waals surface area contributed by atoms with Crippen LogP contribution in [0.3, 0.4) is 0 Å². The summed E-state index contributed by atoms with van der Waals surface area (Å²) in [6.07, 6.45) is 0. The summed E-state index contributed by atoms with van der Waals surface area (Å²) >= 11 is 7.58. The zero-order valence-corrected chi connectivity index (χ0v) is 12.7. The monoisotopic (exact) mass is 424 g/mol. The molecule has 1 rings (SSSR count). The summed E-state index contributed by atoms with van der Waals surface area (Å²) in [5.74, 6) is -0.994. The maximum absolute atomic E-state index is 12.8. The van der Waals surface area contributed by atoms with E-state index in [9.17, 15) is 26.5 Å². The molecule has 10 heteroatoms. The molecule has 0 heterocycles. The lowest BCUT2D eigenvalue weighted by atomic mass is 10.2. The number of carbonyl (C=O) groups excluding carboxylic acids is 1. The van der Waals surface area contributed by atoms with Crippen molar-refractivity contribution in [3.63, 3.8) is 0 Å². The van der Waals surface area contributed by atoms with Crippen molar-refractivity contribution in [1.29, 1.82) is 0 Å². The fourth-order valence-electron chi connectivity index (χ4n) is 1.04. The number of nitrogens with one attached hydrogen (secondary N) is 1. The number of rotatable bonds is 4. The van der Waals surface area contributed by atoms with Crippen LogP contribution in [-0.4, -0.2) is 30.7 Å². The molecule has 1 aromatic rings. The molecule has 0 saturated heterocycles. The third-order valence-corrected chi connectivity index (χ3v) is 3.87. The third-order valence-electron chi connectivity index (χ3n) is 1.99. The Balaban J connectivity index is 2.85. The van der Waals surface area contributed by atoms with E-state index in [1.807, 2.05) is 22.6 Å². The molecular formula is C9H6ClF2INO4S-. The minimum Gasteiger partial charge on any atom is -0.743 e. The smallest absolute Gasteiger partial charge is 0.351 e. The van der Waals surface area contributed by atoms with E-state index in [-0.39, 0.29) is 10.6 Å². The molecule has 0 spiro atoms. The lowest BCUT2D eigenvalue weighted by Crippen LogP contribution is -2.42. The van der Waals surface area contributed by atoms with Gasteiger partial charge in [-0.3, -0.25) is 4.79 Å². The Kier molecular flexibility index (Phi) is 5.09. The van der Waals surface area contributed by atoms with E-state index in [1.165, 1.54) is 12.1 Å². The van der Waals surface area contributed by atoms with E-state index >= 15 is 0 Å². The largest absolute Gasteiger partial charge is 0.743 e. The molecule has 0 unspecified atom stereocenters. The van der Waals surface area contributed by atoms with Gasteiger partial charge in [0.25, 0.3) is 5.91 Å². The first-order chi connectivity index (χ1) is 8.54. The Morgan fingerprint density at radius 1 is 1.47 bits per heavy atom. The number of amides is 1. The Morgan fingerprint density at radius 2 is 2.05 bits per heavy atom. The molecule has 0 atom stereocenters. The molecule has 0 aliphatic rings. The summed E-state index contributed by atoms with van der Waals surface area (Å²) in [5.41, 5.74) is -0.0901. The molecule has 0 bridgehead atoms. The first kappa shape index (κ1) is 16.5. The Labute approximate surface area is 126 Å². The lowest BCUT2D eigenvalue weighted by Gasteiger charge is -2.20. The molecular weight excluding hydrogens is 419 g/mol. The first-order valence-corrected chi connectivity index (χ1v) is 7.47. The SMILES string of the molecule is O=C(NCC(F)(F)S(=O)(=O)[O-])c1cc(I)ccc1Cl. The summed E-state index contributed by atoms with van der Waals surface area (Å²) in [6.45, 7) is -1.61. The Bertz CT molecular complexity index is 608. The standard InChI is InChI=1S/C9H7ClF2INO4S/c10-7-2-1-5(13)3-6(7)8(15)14-4-9(11,12)19(16,17)18/h1-3H,4H2,(H,14,15)(H,16,17,18)/p-1. The van der Waals surface area contributed by atoms with Crippen LogP contribution in [0.4, 0.5) is 8.78 Å². The van der Waals surface area contributed by atoms with Gasteiger partial charge in [-0.2, -0.15) is 8.78 Å². The number of alkyl halides is 2. The van der Waals surface area contributed by atoms with Gasteiger partial charge < -0.3 is 9.87 Å².